The molecule has 5 nitrogen and oxygen atoms in total. The van der Waals surface area contributed by atoms with Gasteiger partial charge in [-0.3, -0.25) is 9.69 Å². The van der Waals surface area contributed by atoms with Gasteiger partial charge in [0.15, 0.2) is 11.5 Å². The zero-order chi connectivity index (χ0) is 23.5. The molecule has 0 unspecified atom stereocenters. The quantitative estimate of drug-likeness (QED) is 0.567. The molecule has 0 spiro atoms. The van der Waals surface area contributed by atoms with E-state index in [4.69, 9.17) is 9.47 Å². The summed E-state index contributed by atoms with van der Waals surface area (Å²) < 4.78 is 11.1. The average molecular weight is 445 g/mol. The zero-order valence-electron chi connectivity index (χ0n) is 20.1. The molecule has 3 aromatic rings. The molecule has 3 aromatic carbocycles. The van der Waals surface area contributed by atoms with Crippen LogP contribution in [0.25, 0.3) is 0 Å². The number of rotatable bonds is 6. The number of hydrogen-bond donors (Lipinski definition) is 1. The van der Waals surface area contributed by atoms with Crippen molar-refractivity contribution in [1.82, 2.24) is 4.90 Å². The summed E-state index contributed by atoms with van der Waals surface area (Å²) in [5.41, 5.74) is 7.81. The van der Waals surface area contributed by atoms with Gasteiger partial charge in [0, 0.05) is 12.2 Å². The standard InChI is InChI=1S/C28H32N2O3/c1-18-13-19(2)27(20(3)14-18)29-26(31)17-30-12-11-22-15-24(32-4)25(33-5)16-23(22)28(30)21-9-7-6-8-10-21/h6-10,13-16,28H,11-12,17H2,1-5H3,(H,29,31)/t28-/m1/s1. The minimum atomic E-state index is -0.0410. The van der Waals surface area contributed by atoms with E-state index in [0.29, 0.717) is 12.3 Å². The summed E-state index contributed by atoms with van der Waals surface area (Å²) in [5, 5.41) is 3.16. The van der Waals surface area contributed by atoms with Crippen molar-refractivity contribution in [3.05, 3.63) is 88.0 Å². The summed E-state index contributed by atoms with van der Waals surface area (Å²) >= 11 is 0. The lowest BCUT2D eigenvalue weighted by atomic mass is 9.87. The van der Waals surface area contributed by atoms with Gasteiger partial charge in [-0.1, -0.05) is 48.0 Å². The first-order valence-corrected chi connectivity index (χ1v) is 11.3. The molecule has 172 valence electrons. The molecule has 0 fully saturated rings. The van der Waals surface area contributed by atoms with E-state index in [-0.39, 0.29) is 11.9 Å². The van der Waals surface area contributed by atoms with Crippen LogP contribution in [-0.4, -0.2) is 38.1 Å². The first-order chi connectivity index (χ1) is 15.9. The van der Waals surface area contributed by atoms with Crippen LogP contribution in [0.5, 0.6) is 11.5 Å². The Hall–Kier alpha value is -3.31. The summed E-state index contributed by atoms with van der Waals surface area (Å²) in [6.45, 7) is 7.24. The van der Waals surface area contributed by atoms with Gasteiger partial charge in [0.05, 0.1) is 26.8 Å². The Morgan fingerprint density at radius 2 is 1.61 bits per heavy atom. The van der Waals surface area contributed by atoms with Crippen molar-refractivity contribution in [2.45, 2.75) is 33.2 Å². The first-order valence-electron chi connectivity index (χ1n) is 11.3. The molecule has 5 heteroatoms. The second-order valence-corrected chi connectivity index (χ2v) is 8.76. The smallest absolute Gasteiger partial charge is 0.238 e. The van der Waals surface area contributed by atoms with Crippen molar-refractivity contribution in [3.63, 3.8) is 0 Å². The van der Waals surface area contributed by atoms with Crippen molar-refractivity contribution >= 4 is 11.6 Å². The summed E-state index contributed by atoms with van der Waals surface area (Å²) in [6, 6.07) is 18.6. The summed E-state index contributed by atoms with van der Waals surface area (Å²) in [4.78, 5) is 15.4. The van der Waals surface area contributed by atoms with Crippen LogP contribution in [0.15, 0.2) is 54.6 Å². The van der Waals surface area contributed by atoms with Crippen LogP contribution in [-0.2, 0) is 11.2 Å². The van der Waals surface area contributed by atoms with Gasteiger partial charge in [0.1, 0.15) is 0 Å². The van der Waals surface area contributed by atoms with Crippen LogP contribution in [0, 0.1) is 20.8 Å². The number of anilines is 1. The number of carbonyl (C=O) groups excluding carboxylic acids is 1. The molecule has 0 radical (unpaired) electrons. The number of fused-ring (bicyclic) bond motifs is 1. The minimum absolute atomic E-state index is 0.00471. The van der Waals surface area contributed by atoms with E-state index in [1.165, 1.54) is 11.1 Å². The average Bonchev–Trinajstić information content (AvgIpc) is 2.80. The highest BCUT2D eigenvalue weighted by Crippen LogP contribution is 2.40. The second-order valence-electron chi connectivity index (χ2n) is 8.76. The van der Waals surface area contributed by atoms with E-state index in [9.17, 15) is 4.79 Å². The molecule has 1 N–H and O–H groups in total. The molecule has 0 aliphatic carbocycles. The minimum Gasteiger partial charge on any atom is -0.493 e. The van der Waals surface area contributed by atoms with Crippen LogP contribution >= 0.6 is 0 Å². The van der Waals surface area contributed by atoms with E-state index in [1.54, 1.807) is 14.2 Å². The molecular formula is C28H32N2O3. The Bertz CT molecular complexity index is 1130. The van der Waals surface area contributed by atoms with Crippen LogP contribution < -0.4 is 14.8 Å². The Morgan fingerprint density at radius 3 is 2.24 bits per heavy atom. The van der Waals surface area contributed by atoms with E-state index < -0.39 is 0 Å². The van der Waals surface area contributed by atoms with Gasteiger partial charge in [0.25, 0.3) is 0 Å². The summed E-state index contributed by atoms with van der Waals surface area (Å²) in [7, 11) is 3.31. The van der Waals surface area contributed by atoms with Gasteiger partial charge in [-0.05, 0) is 67.1 Å². The number of ether oxygens (including phenoxy) is 2. The Morgan fingerprint density at radius 1 is 0.970 bits per heavy atom. The summed E-state index contributed by atoms with van der Waals surface area (Å²) in [5.74, 6) is 1.43. The van der Waals surface area contributed by atoms with E-state index in [0.717, 1.165) is 46.7 Å². The largest absolute Gasteiger partial charge is 0.493 e. The maximum Gasteiger partial charge on any atom is 0.238 e. The predicted octanol–water partition coefficient (Wildman–Crippen LogP) is 5.22. The number of benzene rings is 3. The third kappa shape index (κ3) is 4.74. The maximum atomic E-state index is 13.2. The SMILES string of the molecule is COc1cc2c(cc1OC)[C@@H](c1ccccc1)N(CC(=O)Nc1c(C)cc(C)cc1C)CC2. The van der Waals surface area contributed by atoms with Gasteiger partial charge in [-0.2, -0.15) is 0 Å². The molecule has 1 atom stereocenters. The van der Waals surface area contributed by atoms with Crippen molar-refractivity contribution in [1.29, 1.82) is 0 Å². The van der Waals surface area contributed by atoms with Crippen LogP contribution in [0.4, 0.5) is 5.69 Å². The molecule has 1 aliphatic heterocycles. The van der Waals surface area contributed by atoms with E-state index in [2.05, 4.69) is 53.5 Å². The number of methoxy groups -OCH3 is 2. The van der Waals surface area contributed by atoms with Crippen LogP contribution in [0.2, 0.25) is 0 Å². The van der Waals surface area contributed by atoms with Crippen LogP contribution in [0.3, 0.4) is 0 Å². The lowest BCUT2D eigenvalue weighted by molar-refractivity contribution is -0.117. The molecule has 0 aromatic heterocycles. The number of nitrogens with one attached hydrogen (secondary N) is 1. The fourth-order valence-corrected chi connectivity index (χ4v) is 4.93. The molecular weight excluding hydrogens is 412 g/mol. The first kappa shape index (κ1) is 22.9. The molecule has 33 heavy (non-hydrogen) atoms. The third-order valence-electron chi connectivity index (χ3n) is 6.38. The number of carbonyl (C=O) groups is 1. The molecule has 1 heterocycles. The Balaban J connectivity index is 1.66. The molecule has 0 saturated carbocycles. The summed E-state index contributed by atoms with van der Waals surface area (Å²) in [6.07, 6.45) is 0.842. The number of nitrogens with zero attached hydrogens (tertiary/aromatic N) is 1. The van der Waals surface area contributed by atoms with Crippen LogP contribution in [0.1, 0.15) is 39.4 Å². The second kappa shape index (κ2) is 9.67. The van der Waals surface area contributed by atoms with Crippen molar-refractivity contribution < 1.29 is 14.3 Å². The fourth-order valence-electron chi connectivity index (χ4n) is 4.93. The van der Waals surface area contributed by atoms with Gasteiger partial charge in [-0.25, -0.2) is 0 Å². The molecule has 4 rings (SSSR count). The lowest BCUT2D eigenvalue weighted by Gasteiger charge is -2.37. The van der Waals surface area contributed by atoms with Gasteiger partial charge < -0.3 is 14.8 Å². The maximum absolute atomic E-state index is 13.2. The number of aryl methyl sites for hydroxylation is 3. The van der Waals surface area contributed by atoms with Gasteiger partial charge in [-0.15, -0.1) is 0 Å². The molecule has 0 saturated heterocycles. The highest BCUT2D eigenvalue weighted by molar-refractivity contribution is 5.94. The number of amides is 1. The predicted molar refractivity (Wildman–Crippen MR) is 132 cm³/mol. The normalized spacial score (nSPS) is 15.6. The number of hydrogen-bond acceptors (Lipinski definition) is 4. The molecule has 1 aliphatic rings. The van der Waals surface area contributed by atoms with Crippen molar-refractivity contribution in [2.75, 3.05) is 32.6 Å². The van der Waals surface area contributed by atoms with E-state index in [1.807, 2.05) is 32.0 Å². The highest BCUT2D eigenvalue weighted by Gasteiger charge is 2.31. The Kier molecular flexibility index (Phi) is 6.70. The lowest BCUT2D eigenvalue weighted by Crippen LogP contribution is -2.41. The molecule has 1 amide bonds. The van der Waals surface area contributed by atoms with Gasteiger partial charge in [0.2, 0.25) is 5.91 Å². The highest BCUT2D eigenvalue weighted by atomic mass is 16.5. The topological polar surface area (TPSA) is 50.8 Å². The fraction of sp³-hybridized carbons (Fsp3) is 0.321. The zero-order valence-corrected chi connectivity index (χ0v) is 20.1. The Labute approximate surface area is 196 Å². The van der Waals surface area contributed by atoms with E-state index >= 15 is 0 Å². The van der Waals surface area contributed by atoms with Crippen molar-refractivity contribution in [3.8, 4) is 11.5 Å². The molecule has 0 bridgehead atoms. The van der Waals surface area contributed by atoms with Gasteiger partial charge >= 0.3 is 0 Å². The van der Waals surface area contributed by atoms with Crippen molar-refractivity contribution in [2.24, 2.45) is 0 Å². The third-order valence-corrected chi connectivity index (χ3v) is 6.38. The monoisotopic (exact) mass is 444 g/mol.